The summed E-state index contributed by atoms with van der Waals surface area (Å²) in [6.45, 7) is 11.0. The van der Waals surface area contributed by atoms with E-state index in [0.717, 1.165) is 24.5 Å². The van der Waals surface area contributed by atoms with Crippen LogP contribution in [-0.4, -0.2) is 30.1 Å². The number of nitrogens with zero attached hydrogens (tertiary/aromatic N) is 1. The summed E-state index contributed by atoms with van der Waals surface area (Å²) in [7, 11) is 0. The van der Waals surface area contributed by atoms with Crippen molar-refractivity contribution in [3.63, 3.8) is 0 Å². The van der Waals surface area contributed by atoms with Gasteiger partial charge in [0.2, 0.25) is 0 Å². The van der Waals surface area contributed by atoms with Crippen LogP contribution in [0.25, 0.3) is 0 Å². The minimum absolute atomic E-state index is 0.581. The van der Waals surface area contributed by atoms with Gasteiger partial charge in [0.15, 0.2) is 0 Å². The number of nitrogens with two attached hydrogens (primary N) is 1. The molecular weight excluding hydrogens is 337 g/mol. The van der Waals surface area contributed by atoms with E-state index in [2.05, 4.69) is 60.5 Å². The number of nitrogen functional groups attached to an aromatic ring is 1. The molecule has 0 spiro atoms. The van der Waals surface area contributed by atoms with Gasteiger partial charge in [-0.1, -0.05) is 0 Å². The Balaban J connectivity index is 2.50. The molecule has 0 saturated carbocycles. The molecule has 1 aromatic rings. The molecule has 0 unspecified atom stereocenters. The summed E-state index contributed by atoms with van der Waals surface area (Å²) in [5, 5.41) is 3.48. The van der Waals surface area contributed by atoms with E-state index in [1.165, 1.54) is 3.57 Å². The van der Waals surface area contributed by atoms with Gasteiger partial charge in [0, 0.05) is 40.1 Å². The van der Waals surface area contributed by atoms with Crippen molar-refractivity contribution < 1.29 is 0 Å². The van der Waals surface area contributed by atoms with Crippen molar-refractivity contribution in [1.82, 2.24) is 4.90 Å². The monoisotopic (exact) mass is 361 g/mol. The smallest absolute Gasteiger partial charge is 0.0477 e. The highest BCUT2D eigenvalue weighted by Gasteiger charge is 2.12. The lowest BCUT2D eigenvalue weighted by Crippen LogP contribution is -2.40. The van der Waals surface area contributed by atoms with E-state index in [-0.39, 0.29) is 0 Å². The Morgan fingerprint density at radius 2 is 1.83 bits per heavy atom. The zero-order valence-corrected chi connectivity index (χ0v) is 13.9. The number of hydrogen-bond acceptors (Lipinski definition) is 3. The molecule has 0 aromatic heterocycles. The first-order valence-corrected chi connectivity index (χ1v) is 7.54. The summed E-state index contributed by atoms with van der Waals surface area (Å²) in [5.74, 6) is 0. The number of nitrogens with one attached hydrogen (secondary N) is 1. The van der Waals surface area contributed by atoms with Gasteiger partial charge in [0.1, 0.15) is 0 Å². The molecule has 0 aliphatic carbocycles. The molecule has 1 rings (SSSR count). The summed E-state index contributed by atoms with van der Waals surface area (Å²) < 4.78 is 1.17. The Hall–Kier alpha value is -0.490. The van der Waals surface area contributed by atoms with E-state index in [0.29, 0.717) is 12.1 Å². The number of anilines is 2. The first-order valence-electron chi connectivity index (χ1n) is 6.46. The fourth-order valence-corrected chi connectivity index (χ4v) is 2.84. The largest absolute Gasteiger partial charge is 0.399 e. The van der Waals surface area contributed by atoms with E-state index >= 15 is 0 Å². The van der Waals surface area contributed by atoms with Crippen molar-refractivity contribution in [3.8, 4) is 0 Å². The van der Waals surface area contributed by atoms with Gasteiger partial charge >= 0.3 is 0 Å². The topological polar surface area (TPSA) is 41.3 Å². The van der Waals surface area contributed by atoms with Gasteiger partial charge in [-0.3, -0.25) is 4.90 Å². The highest BCUT2D eigenvalue weighted by Crippen LogP contribution is 2.20. The second kappa shape index (κ2) is 7.19. The van der Waals surface area contributed by atoms with Crippen molar-refractivity contribution in [2.75, 3.05) is 24.1 Å². The summed E-state index contributed by atoms with van der Waals surface area (Å²) in [6.07, 6.45) is 0. The Morgan fingerprint density at radius 3 is 2.33 bits per heavy atom. The molecule has 3 nitrogen and oxygen atoms in total. The van der Waals surface area contributed by atoms with Crippen LogP contribution in [0, 0.1) is 3.57 Å². The molecular formula is C14H24IN3. The molecule has 0 aliphatic heterocycles. The third-order valence-electron chi connectivity index (χ3n) is 3.01. The van der Waals surface area contributed by atoms with Crippen LogP contribution in [0.3, 0.4) is 0 Å². The highest BCUT2D eigenvalue weighted by atomic mass is 127. The number of rotatable bonds is 6. The normalized spacial score (nSPS) is 11.6. The predicted octanol–water partition coefficient (Wildman–Crippen LogP) is 3.40. The Labute approximate surface area is 124 Å². The van der Waals surface area contributed by atoms with Gasteiger partial charge < -0.3 is 11.1 Å². The van der Waals surface area contributed by atoms with Crippen LogP contribution >= 0.6 is 22.6 Å². The van der Waals surface area contributed by atoms with E-state index < -0.39 is 0 Å². The number of halogens is 1. The summed E-state index contributed by atoms with van der Waals surface area (Å²) in [5.41, 5.74) is 7.72. The molecule has 3 N–H and O–H groups in total. The van der Waals surface area contributed by atoms with Crippen LogP contribution < -0.4 is 11.1 Å². The van der Waals surface area contributed by atoms with Crippen molar-refractivity contribution in [1.29, 1.82) is 0 Å². The first-order chi connectivity index (χ1) is 8.41. The van der Waals surface area contributed by atoms with Crippen LogP contribution in [-0.2, 0) is 0 Å². The Kier molecular flexibility index (Phi) is 6.21. The lowest BCUT2D eigenvalue weighted by atomic mass is 10.2. The van der Waals surface area contributed by atoms with Crippen LogP contribution in [0.4, 0.5) is 11.4 Å². The third kappa shape index (κ3) is 4.65. The molecule has 0 radical (unpaired) electrons. The average molecular weight is 361 g/mol. The zero-order valence-electron chi connectivity index (χ0n) is 11.7. The number of benzene rings is 1. The van der Waals surface area contributed by atoms with E-state index in [1.807, 2.05) is 18.2 Å². The minimum atomic E-state index is 0.581. The molecule has 0 heterocycles. The van der Waals surface area contributed by atoms with E-state index in [1.54, 1.807) is 0 Å². The van der Waals surface area contributed by atoms with Gasteiger partial charge in [0.25, 0.3) is 0 Å². The maximum absolute atomic E-state index is 5.74. The van der Waals surface area contributed by atoms with E-state index in [9.17, 15) is 0 Å². The molecule has 0 atom stereocenters. The van der Waals surface area contributed by atoms with Crippen molar-refractivity contribution in [2.24, 2.45) is 0 Å². The van der Waals surface area contributed by atoms with Crippen LogP contribution in [0.1, 0.15) is 27.7 Å². The quantitative estimate of drug-likeness (QED) is 0.603. The fraction of sp³-hybridized carbons (Fsp3) is 0.571. The maximum Gasteiger partial charge on any atom is 0.0477 e. The second-order valence-electron chi connectivity index (χ2n) is 5.09. The molecule has 0 fully saturated rings. The third-order valence-corrected chi connectivity index (χ3v) is 3.90. The van der Waals surface area contributed by atoms with Gasteiger partial charge in [-0.2, -0.15) is 0 Å². The van der Waals surface area contributed by atoms with Crippen molar-refractivity contribution in [2.45, 2.75) is 39.8 Å². The van der Waals surface area contributed by atoms with Crippen LogP contribution in [0.15, 0.2) is 18.2 Å². The molecule has 4 heteroatoms. The Bertz CT molecular complexity index is 369. The average Bonchev–Trinajstić information content (AvgIpc) is 2.25. The number of hydrogen-bond donors (Lipinski definition) is 2. The molecule has 102 valence electrons. The van der Waals surface area contributed by atoms with Gasteiger partial charge in [-0.25, -0.2) is 0 Å². The maximum atomic E-state index is 5.74. The predicted molar refractivity (Wildman–Crippen MR) is 89.0 cm³/mol. The highest BCUT2D eigenvalue weighted by molar-refractivity contribution is 14.1. The summed E-state index contributed by atoms with van der Waals surface area (Å²) in [6, 6.07) is 7.14. The standard InChI is InChI=1S/C14H24IN3/c1-10(2)18(11(3)4)8-7-17-14-6-5-12(16)9-13(14)15/h5-6,9-11,17H,7-8,16H2,1-4H3. The van der Waals surface area contributed by atoms with Gasteiger partial charge in [-0.15, -0.1) is 0 Å². The van der Waals surface area contributed by atoms with Crippen molar-refractivity contribution in [3.05, 3.63) is 21.8 Å². The minimum Gasteiger partial charge on any atom is -0.399 e. The van der Waals surface area contributed by atoms with Gasteiger partial charge in [0.05, 0.1) is 0 Å². The fourth-order valence-electron chi connectivity index (χ4n) is 2.11. The van der Waals surface area contributed by atoms with Crippen LogP contribution in [0.2, 0.25) is 0 Å². The zero-order chi connectivity index (χ0) is 13.7. The molecule has 0 amide bonds. The first kappa shape index (κ1) is 15.6. The second-order valence-corrected chi connectivity index (χ2v) is 6.25. The Morgan fingerprint density at radius 1 is 1.22 bits per heavy atom. The lowest BCUT2D eigenvalue weighted by Gasteiger charge is -2.30. The lowest BCUT2D eigenvalue weighted by molar-refractivity contribution is 0.182. The molecule has 0 aliphatic rings. The molecule has 0 saturated heterocycles. The van der Waals surface area contributed by atoms with E-state index in [4.69, 9.17) is 5.73 Å². The molecule has 0 bridgehead atoms. The van der Waals surface area contributed by atoms with Crippen molar-refractivity contribution >= 4 is 34.0 Å². The summed E-state index contributed by atoms with van der Waals surface area (Å²) in [4.78, 5) is 2.48. The van der Waals surface area contributed by atoms with Gasteiger partial charge in [-0.05, 0) is 68.5 Å². The molecule has 18 heavy (non-hydrogen) atoms. The SMILES string of the molecule is CC(C)N(CCNc1ccc(N)cc1I)C(C)C. The summed E-state index contributed by atoms with van der Waals surface area (Å²) >= 11 is 2.31. The molecule has 1 aromatic carbocycles. The van der Waals surface area contributed by atoms with Crippen LogP contribution in [0.5, 0.6) is 0 Å².